The Labute approximate surface area is 111 Å². The van der Waals surface area contributed by atoms with Gasteiger partial charge in [-0.1, -0.05) is 18.6 Å². The van der Waals surface area contributed by atoms with Crippen LogP contribution < -0.4 is 11.1 Å². The first-order valence-electron chi connectivity index (χ1n) is 6.34. The van der Waals surface area contributed by atoms with Crippen molar-refractivity contribution in [3.05, 3.63) is 29.8 Å². The molecule has 0 aliphatic heterocycles. The van der Waals surface area contributed by atoms with Crippen molar-refractivity contribution in [1.29, 1.82) is 0 Å². The lowest BCUT2D eigenvalue weighted by molar-refractivity contribution is -0.148. The molecule has 1 saturated carbocycles. The molecule has 0 aromatic heterocycles. The van der Waals surface area contributed by atoms with Crippen LogP contribution >= 0.6 is 0 Å². The summed E-state index contributed by atoms with van der Waals surface area (Å²) >= 11 is 0. The summed E-state index contributed by atoms with van der Waals surface area (Å²) in [5.74, 6) is -1.17. The fraction of sp³-hybridized carbons (Fsp3) is 0.429. The second kappa shape index (κ2) is 4.91. The van der Waals surface area contributed by atoms with Crippen LogP contribution in [0.15, 0.2) is 24.3 Å². The predicted molar refractivity (Wildman–Crippen MR) is 71.7 cm³/mol. The van der Waals surface area contributed by atoms with Crippen molar-refractivity contribution in [1.82, 2.24) is 5.32 Å². The Kier molecular flexibility index (Phi) is 3.46. The van der Waals surface area contributed by atoms with Crippen molar-refractivity contribution in [2.45, 2.75) is 32.2 Å². The minimum atomic E-state index is -0.890. The standard InChI is InChI=1S/C14H18N2O3/c1-14(13(18)19)8-4-7-11(14)16-12(17)9-5-2-3-6-10(9)15/h2-3,5-6,11H,4,7-8,15H2,1H3,(H,16,17)(H,18,19). The molecule has 1 fully saturated rings. The quantitative estimate of drug-likeness (QED) is 0.722. The monoisotopic (exact) mass is 262 g/mol. The van der Waals surface area contributed by atoms with Crippen molar-refractivity contribution in [3.63, 3.8) is 0 Å². The molecular weight excluding hydrogens is 244 g/mol. The van der Waals surface area contributed by atoms with Crippen molar-refractivity contribution in [3.8, 4) is 0 Å². The SMILES string of the molecule is CC1(C(=O)O)CCCC1NC(=O)c1ccccc1N. The van der Waals surface area contributed by atoms with Gasteiger partial charge >= 0.3 is 5.97 Å². The third kappa shape index (κ3) is 2.41. The molecule has 1 aromatic carbocycles. The molecule has 2 unspecified atom stereocenters. The first-order chi connectivity index (χ1) is 8.95. The summed E-state index contributed by atoms with van der Waals surface area (Å²) < 4.78 is 0. The van der Waals surface area contributed by atoms with Gasteiger partial charge in [-0.3, -0.25) is 9.59 Å². The smallest absolute Gasteiger partial charge is 0.311 e. The molecule has 0 radical (unpaired) electrons. The molecule has 1 amide bonds. The van der Waals surface area contributed by atoms with E-state index in [-0.39, 0.29) is 11.9 Å². The summed E-state index contributed by atoms with van der Waals surface area (Å²) in [5, 5.41) is 12.1. The number of carbonyl (C=O) groups excluding carboxylic acids is 1. The summed E-state index contributed by atoms with van der Waals surface area (Å²) in [6.07, 6.45) is 2.07. The number of amides is 1. The fourth-order valence-corrected chi connectivity index (χ4v) is 2.59. The second-order valence-corrected chi connectivity index (χ2v) is 5.23. The van der Waals surface area contributed by atoms with Crippen LogP contribution in [-0.2, 0) is 4.79 Å². The molecular formula is C14H18N2O3. The maximum atomic E-state index is 12.1. The number of hydrogen-bond donors (Lipinski definition) is 3. The summed E-state index contributed by atoms with van der Waals surface area (Å²) in [6.45, 7) is 1.68. The van der Waals surface area contributed by atoms with E-state index in [1.54, 1.807) is 31.2 Å². The Morgan fingerprint density at radius 3 is 2.74 bits per heavy atom. The van der Waals surface area contributed by atoms with E-state index in [2.05, 4.69) is 5.32 Å². The summed E-state index contributed by atoms with van der Waals surface area (Å²) in [4.78, 5) is 23.5. The molecule has 1 aliphatic carbocycles. The van der Waals surface area contributed by atoms with Crippen LogP contribution in [0.5, 0.6) is 0 Å². The lowest BCUT2D eigenvalue weighted by Gasteiger charge is -2.27. The van der Waals surface area contributed by atoms with Crippen molar-refractivity contribution in [2.24, 2.45) is 5.41 Å². The average Bonchev–Trinajstić information content (AvgIpc) is 2.73. The number of aliphatic carboxylic acids is 1. The zero-order chi connectivity index (χ0) is 14.0. The van der Waals surface area contributed by atoms with Gasteiger partial charge in [0.2, 0.25) is 0 Å². The number of anilines is 1. The zero-order valence-electron chi connectivity index (χ0n) is 10.8. The minimum Gasteiger partial charge on any atom is -0.481 e. The minimum absolute atomic E-state index is 0.308. The van der Waals surface area contributed by atoms with Gasteiger partial charge in [0.05, 0.1) is 11.0 Å². The molecule has 2 rings (SSSR count). The number of carboxylic acids is 1. The Morgan fingerprint density at radius 1 is 1.42 bits per heavy atom. The maximum absolute atomic E-state index is 12.1. The molecule has 5 heteroatoms. The van der Waals surface area contributed by atoms with Crippen LogP contribution in [0.4, 0.5) is 5.69 Å². The molecule has 2 atom stereocenters. The average molecular weight is 262 g/mol. The van der Waals surface area contributed by atoms with Gasteiger partial charge in [0.25, 0.3) is 5.91 Å². The number of rotatable bonds is 3. The Bertz CT molecular complexity index is 515. The van der Waals surface area contributed by atoms with Gasteiger partial charge in [-0.2, -0.15) is 0 Å². The molecule has 102 valence electrons. The normalized spacial score (nSPS) is 26.1. The first-order valence-corrected chi connectivity index (χ1v) is 6.34. The molecule has 0 saturated heterocycles. The highest BCUT2D eigenvalue weighted by Crippen LogP contribution is 2.38. The number of benzene rings is 1. The summed E-state index contributed by atoms with van der Waals surface area (Å²) in [7, 11) is 0. The maximum Gasteiger partial charge on any atom is 0.311 e. The number of hydrogen-bond acceptors (Lipinski definition) is 3. The van der Waals surface area contributed by atoms with Crippen LogP contribution in [0.1, 0.15) is 36.5 Å². The Hall–Kier alpha value is -2.04. The highest BCUT2D eigenvalue weighted by atomic mass is 16.4. The van der Waals surface area contributed by atoms with Crippen molar-refractivity contribution in [2.75, 3.05) is 5.73 Å². The summed E-state index contributed by atoms with van der Waals surface area (Å²) in [6, 6.07) is 6.42. The van der Waals surface area contributed by atoms with E-state index in [0.717, 1.165) is 6.42 Å². The molecule has 0 bridgehead atoms. The van der Waals surface area contributed by atoms with E-state index in [1.807, 2.05) is 0 Å². The molecule has 19 heavy (non-hydrogen) atoms. The largest absolute Gasteiger partial charge is 0.481 e. The van der Waals surface area contributed by atoms with Gasteiger partial charge in [-0.15, -0.1) is 0 Å². The van der Waals surface area contributed by atoms with E-state index in [1.165, 1.54) is 0 Å². The van der Waals surface area contributed by atoms with Crippen LogP contribution in [0.2, 0.25) is 0 Å². The molecule has 4 N–H and O–H groups in total. The predicted octanol–water partition coefficient (Wildman–Crippen LogP) is 1.64. The molecule has 1 aliphatic rings. The van der Waals surface area contributed by atoms with E-state index in [0.29, 0.717) is 24.1 Å². The van der Waals surface area contributed by atoms with Gasteiger partial charge in [0, 0.05) is 11.7 Å². The van der Waals surface area contributed by atoms with Gasteiger partial charge in [-0.05, 0) is 31.9 Å². The lowest BCUT2D eigenvalue weighted by atomic mass is 9.85. The van der Waals surface area contributed by atoms with Crippen molar-refractivity contribution >= 4 is 17.6 Å². The van der Waals surface area contributed by atoms with Crippen LogP contribution in [0, 0.1) is 5.41 Å². The number of para-hydroxylation sites is 1. The number of nitrogens with two attached hydrogens (primary N) is 1. The highest BCUT2D eigenvalue weighted by molar-refractivity contribution is 5.99. The van der Waals surface area contributed by atoms with Crippen LogP contribution in [0.25, 0.3) is 0 Å². The van der Waals surface area contributed by atoms with Gasteiger partial charge in [-0.25, -0.2) is 0 Å². The number of carboxylic acid groups (broad SMARTS) is 1. The topological polar surface area (TPSA) is 92.4 Å². The third-order valence-corrected chi connectivity index (χ3v) is 3.96. The molecule has 5 nitrogen and oxygen atoms in total. The summed E-state index contributed by atoms with van der Waals surface area (Å²) in [5.41, 5.74) is 5.65. The second-order valence-electron chi connectivity index (χ2n) is 5.23. The molecule has 0 heterocycles. The third-order valence-electron chi connectivity index (χ3n) is 3.96. The highest BCUT2D eigenvalue weighted by Gasteiger charge is 2.46. The van der Waals surface area contributed by atoms with Gasteiger partial charge in [0.15, 0.2) is 0 Å². The Balaban J connectivity index is 2.16. The van der Waals surface area contributed by atoms with E-state index < -0.39 is 11.4 Å². The molecule has 0 spiro atoms. The number of nitrogen functional groups attached to an aromatic ring is 1. The van der Waals surface area contributed by atoms with Crippen molar-refractivity contribution < 1.29 is 14.7 Å². The lowest BCUT2D eigenvalue weighted by Crippen LogP contribution is -2.47. The van der Waals surface area contributed by atoms with Crippen LogP contribution in [0.3, 0.4) is 0 Å². The Morgan fingerprint density at radius 2 is 2.11 bits per heavy atom. The first kappa shape index (κ1) is 13.4. The number of nitrogens with one attached hydrogen (secondary N) is 1. The van der Waals surface area contributed by atoms with E-state index in [4.69, 9.17) is 5.73 Å². The van der Waals surface area contributed by atoms with Gasteiger partial charge in [0.1, 0.15) is 0 Å². The molecule has 1 aromatic rings. The van der Waals surface area contributed by atoms with Gasteiger partial charge < -0.3 is 16.2 Å². The number of carbonyl (C=O) groups is 2. The fourth-order valence-electron chi connectivity index (χ4n) is 2.59. The van der Waals surface area contributed by atoms with E-state index in [9.17, 15) is 14.7 Å². The van der Waals surface area contributed by atoms with E-state index >= 15 is 0 Å². The zero-order valence-corrected chi connectivity index (χ0v) is 10.8. The van der Waals surface area contributed by atoms with Crippen LogP contribution in [-0.4, -0.2) is 23.0 Å².